The summed E-state index contributed by atoms with van der Waals surface area (Å²) in [6.07, 6.45) is 1.03. The molecule has 0 fully saturated rings. The zero-order chi connectivity index (χ0) is 24.1. The van der Waals surface area contributed by atoms with E-state index >= 15 is 0 Å². The first-order chi connectivity index (χ1) is 16.4. The van der Waals surface area contributed by atoms with Crippen LogP contribution in [0.4, 0.5) is 4.39 Å². The monoisotopic (exact) mass is 480 g/mol. The fourth-order valence-corrected chi connectivity index (χ4v) is 5.20. The molecule has 0 aliphatic carbocycles. The molecule has 4 rings (SSSR count). The average molecular weight is 481 g/mol. The summed E-state index contributed by atoms with van der Waals surface area (Å²) < 4.78 is 19.5. The van der Waals surface area contributed by atoms with Crippen molar-refractivity contribution in [1.82, 2.24) is 9.80 Å². The van der Waals surface area contributed by atoms with Crippen molar-refractivity contribution < 1.29 is 18.7 Å². The summed E-state index contributed by atoms with van der Waals surface area (Å²) in [4.78, 5) is 31.2. The molecule has 1 unspecified atom stereocenters. The topological polar surface area (TPSA) is 49.9 Å². The van der Waals surface area contributed by atoms with Crippen molar-refractivity contribution in [3.05, 3.63) is 87.9 Å². The van der Waals surface area contributed by atoms with Crippen LogP contribution in [0.1, 0.15) is 35.9 Å². The van der Waals surface area contributed by atoms with Crippen molar-refractivity contribution in [2.24, 2.45) is 0 Å². The van der Waals surface area contributed by atoms with Crippen LogP contribution in [0.3, 0.4) is 0 Å². The number of hydrogen-bond acceptors (Lipinski definition) is 4. The van der Waals surface area contributed by atoms with E-state index in [0.29, 0.717) is 12.3 Å². The minimum absolute atomic E-state index is 0.0132. The number of nitrogens with zero attached hydrogens (tertiary/aromatic N) is 2. The lowest BCUT2D eigenvalue weighted by Gasteiger charge is -2.37. The molecule has 5 nitrogen and oxygen atoms in total. The Morgan fingerprint density at radius 2 is 1.94 bits per heavy atom. The van der Waals surface area contributed by atoms with E-state index in [1.807, 2.05) is 55.6 Å². The van der Waals surface area contributed by atoms with Crippen LogP contribution in [0, 0.1) is 5.82 Å². The Kier molecular flexibility index (Phi) is 7.63. The largest absolute Gasteiger partial charge is 0.491 e. The summed E-state index contributed by atoms with van der Waals surface area (Å²) in [5.41, 5.74) is 1.99. The van der Waals surface area contributed by atoms with Crippen LogP contribution in [0.5, 0.6) is 5.75 Å². The van der Waals surface area contributed by atoms with Gasteiger partial charge in [-0.05, 0) is 55.0 Å². The standard InChI is InChI=1S/C27H29FN2O3S/c1-19(2)30(26(31)15-20-7-4-3-5-8-20)17-27(32)29-13-11-25-23(12-14-34-25)24(29)18-33-22-10-6-9-21(28)16-22/h3-10,12,14,16,19,24H,11,13,15,17-18H2,1-2H3. The van der Waals surface area contributed by atoms with Gasteiger partial charge in [0.2, 0.25) is 11.8 Å². The number of amides is 2. The van der Waals surface area contributed by atoms with Gasteiger partial charge in [-0.25, -0.2) is 4.39 Å². The number of ether oxygens (including phenoxy) is 1. The van der Waals surface area contributed by atoms with Crippen LogP contribution >= 0.6 is 11.3 Å². The molecule has 3 aromatic rings. The Hall–Kier alpha value is -3.19. The Balaban J connectivity index is 1.49. The molecule has 2 heterocycles. The number of carbonyl (C=O) groups excluding carboxylic acids is 2. The van der Waals surface area contributed by atoms with Gasteiger partial charge in [0.1, 0.15) is 24.7 Å². The van der Waals surface area contributed by atoms with Crippen molar-refractivity contribution >= 4 is 23.2 Å². The molecule has 0 radical (unpaired) electrons. The second kappa shape index (κ2) is 10.8. The predicted molar refractivity (Wildman–Crippen MR) is 131 cm³/mol. The first-order valence-electron chi connectivity index (χ1n) is 11.5. The van der Waals surface area contributed by atoms with E-state index in [1.165, 1.54) is 17.0 Å². The molecule has 2 aromatic carbocycles. The Labute approximate surface area is 203 Å². The van der Waals surface area contributed by atoms with Crippen LogP contribution in [0.25, 0.3) is 0 Å². The van der Waals surface area contributed by atoms with Crippen LogP contribution in [0.2, 0.25) is 0 Å². The molecule has 0 N–H and O–H groups in total. The maximum atomic E-state index is 13.6. The third-order valence-corrected chi connectivity index (χ3v) is 7.06. The number of hydrogen-bond donors (Lipinski definition) is 0. The molecule has 178 valence electrons. The minimum atomic E-state index is -0.366. The van der Waals surface area contributed by atoms with Crippen LogP contribution in [0.15, 0.2) is 66.0 Å². The number of thiophene rings is 1. The molecule has 0 saturated heterocycles. The smallest absolute Gasteiger partial charge is 0.242 e. The number of fused-ring (bicyclic) bond motifs is 1. The quantitative estimate of drug-likeness (QED) is 0.462. The van der Waals surface area contributed by atoms with E-state index in [0.717, 1.165) is 17.5 Å². The summed E-state index contributed by atoms with van der Waals surface area (Å²) >= 11 is 1.67. The lowest BCUT2D eigenvalue weighted by atomic mass is 10.00. The van der Waals surface area contributed by atoms with Gasteiger partial charge in [0.25, 0.3) is 0 Å². The summed E-state index contributed by atoms with van der Waals surface area (Å²) in [5, 5.41) is 2.03. The molecule has 1 aromatic heterocycles. The van der Waals surface area contributed by atoms with Crippen LogP contribution in [-0.2, 0) is 22.4 Å². The van der Waals surface area contributed by atoms with E-state index in [4.69, 9.17) is 4.74 Å². The minimum Gasteiger partial charge on any atom is -0.491 e. The van der Waals surface area contributed by atoms with Gasteiger partial charge in [0.05, 0.1) is 12.5 Å². The molecule has 7 heteroatoms. The maximum Gasteiger partial charge on any atom is 0.242 e. The molecule has 0 saturated carbocycles. The lowest BCUT2D eigenvalue weighted by molar-refractivity contribution is -0.143. The Bertz CT molecular complexity index is 1130. The second-order valence-electron chi connectivity index (χ2n) is 8.70. The van der Waals surface area contributed by atoms with Gasteiger partial charge in [0, 0.05) is 23.5 Å². The highest BCUT2D eigenvalue weighted by Crippen LogP contribution is 2.34. The first-order valence-corrected chi connectivity index (χ1v) is 12.4. The molecule has 1 aliphatic heterocycles. The Morgan fingerprint density at radius 3 is 2.68 bits per heavy atom. The third-order valence-electron chi connectivity index (χ3n) is 6.07. The van der Waals surface area contributed by atoms with Gasteiger partial charge >= 0.3 is 0 Å². The maximum absolute atomic E-state index is 13.6. The summed E-state index contributed by atoms with van der Waals surface area (Å²) in [6.45, 7) is 4.64. The second-order valence-corrected chi connectivity index (χ2v) is 9.70. The van der Waals surface area contributed by atoms with Crippen molar-refractivity contribution in [3.8, 4) is 5.75 Å². The molecule has 0 spiro atoms. The molecule has 34 heavy (non-hydrogen) atoms. The van der Waals surface area contributed by atoms with Crippen LogP contribution < -0.4 is 4.74 Å². The highest BCUT2D eigenvalue weighted by Gasteiger charge is 2.34. The molecular weight excluding hydrogens is 451 g/mol. The van der Waals surface area contributed by atoms with Crippen LogP contribution in [-0.4, -0.2) is 47.4 Å². The van der Waals surface area contributed by atoms with E-state index in [2.05, 4.69) is 0 Å². The Morgan fingerprint density at radius 1 is 1.15 bits per heavy atom. The number of benzene rings is 2. The van der Waals surface area contributed by atoms with Crippen molar-refractivity contribution in [2.45, 2.75) is 38.8 Å². The number of carbonyl (C=O) groups is 2. The number of halogens is 1. The van der Waals surface area contributed by atoms with Gasteiger partial charge in [0.15, 0.2) is 0 Å². The average Bonchev–Trinajstić information content (AvgIpc) is 3.30. The molecule has 2 amide bonds. The third kappa shape index (κ3) is 5.65. The lowest BCUT2D eigenvalue weighted by Crippen LogP contribution is -2.49. The fourth-order valence-electron chi connectivity index (χ4n) is 4.27. The van der Waals surface area contributed by atoms with Gasteiger partial charge < -0.3 is 14.5 Å². The first kappa shape index (κ1) is 24.0. The predicted octanol–water partition coefficient (Wildman–Crippen LogP) is 4.87. The summed E-state index contributed by atoms with van der Waals surface area (Å²) in [5.74, 6) is -0.124. The van der Waals surface area contributed by atoms with E-state index in [1.54, 1.807) is 33.3 Å². The van der Waals surface area contributed by atoms with Crippen molar-refractivity contribution in [1.29, 1.82) is 0 Å². The van der Waals surface area contributed by atoms with Crippen molar-refractivity contribution in [3.63, 3.8) is 0 Å². The van der Waals surface area contributed by atoms with Gasteiger partial charge in [-0.3, -0.25) is 9.59 Å². The normalized spacial score (nSPS) is 15.2. The van der Waals surface area contributed by atoms with Gasteiger partial charge in [-0.2, -0.15) is 0 Å². The summed E-state index contributed by atoms with van der Waals surface area (Å²) in [7, 11) is 0. The SMILES string of the molecule is CC(C)N(CC(=O)N1CCc2sccc2C1COc1cccc(F)c1)C(=O)Cc1ccccc1. The van der Waals surface area contributed by atoms with Gasteiger partial charge in [-0.1, -0.05) is 36.4 Å². The highest BCUT2D eigenvalue weighted by atomic mass is 32.1. The molecule has 0 bridgehead atoms. The molecular formula is C27H29FN2O3S. The zero-order valence-electron chi connectivity index (χ0n) is 19.4. The van der Waals surface area contributed by atoms with Gasteiger partial charge in [-0.15, -0.1) is 11.3 Å². The summed E-state index contributed by atoms with van der Waals surface area (Å²) in [6, 6.07) is 17.2. The van der Waals surface area contributed by atoms with E-state index < -0.39 is 0 Å². The molecule has 1 atom stereocenters. The highest BCUT2D eigenvalue weighted by molar-refractivity contribution is 7.10. The molecule has 1 aliphatic rings. The van der Waals surface area contributed by atoms with E-state index in [9.17, 15) is 14.0 Å². The number of rotatable bonds is 8. The zero-order valence-corrected chi connectivity index (χ0v) is 20.3. The fraction of sp³-hybridized carbons (Fsp3) is 0.333. The van der Waals surface area contributed by atoms with E-state index in [-0.39, 0.29) is 49.3 Å². The van der Waals surface area contributed by atoms with Crippen molar-refractivity contribution in [2.75, 3.05) is 19.7 Å².